The lowest BCUT2D eigenvalue weighted by atomic mass is 10.2. The van der Waals surface area contributed by atoms with Gasteiger partial charge in [-0.3, -0.25) is 0 Å². The molecule has 0 aliphatic heterocycles. The molecule has 4 heteroatoms. The smallest absolute Gasteiger partial charge is 0.120 e. The van der Waals surface area contributed by atoms with Gasteiger partial charge in [-0.05, 0) is 19.3 Å². The molecule has 0 aliphatic carbocycles. The highest BCUT2D eigenvalue weighted by atomic mass is 16.1. The van der Waals surface area contributed by atoms with E-state index in [2.05, 4.69) is 19.4 Å². The lowest BCUT2D eigenvalue weighted by molar-refractivity contribution is -0.971. The number of hydrogen-bond donors (Lipinski definition) is 2. The average molecular weight is 214 g/mol. The fraction of sp³-hybridized carbons (Fsp3) is 0.818. The third-order valence-electron chi connectivity index (χ3n) is 2.60. The number of carbonyl (C=O) groups excluding carboxylic acids is 1. The standard InChI is InChI=1S/C11H24N3O/c1-3-8-14(13-12,9-4-2)10-6-5-7-11-15/h7,13H,3-6,8-10,12H2,1-2H3/q+1. The van der Waals surface area contributed by atoms with Crippen LogP contribution in [0.3, 0.4) is 0 Å². The van der Waals surface area contributed by atoms with E-state index in [1.165, 1.54) is 0 Å². The van der Waals surface area contributed by atoms with Crippen molar-refractivity contribution in [3.8, 4) is 0 Å². The highest BCUT2D eigenvalue weighted by molar-refractivity contribution is 5.44. The van der Waals surface area contributed by atoms with Crippen molar-refractivity contribution in [1.82, 2.24) is 5.53 Å². The minimum atomic E-state index is 0.750. The number of nitrogens with one attached hydrogen (secondary N) is 1. The summed E-state index contributed by atoms with van der Waals surface area (Å²) in [4.78, 5) is 10.0. The summed E-state index contributed by atoms with van der Waals surface area (Å²) >= 11 is 0. The summed E-state index contributed by atoms with van der Waals surface area (Å²) in [7, 11) is 0. The summed E-state index contributed by atoms with van der Waals surface area (Å²) in [6.07, 6.45) is 5.52. The highest BCUT2D eigenvalue weighted by Crippen LogP contribution is 2.07. The Balaban J connectivity index is 4.13. The number of nitrogens with two attached hydrogens (primary N) is 1. The maximum atomic E-state index is 10.0. The zero-order valence-electron chi connectivity index (χ0n) is 9.96. The van der Waals surface area contributed by atoms with E-state index >= 15 is 0 Å². The van der Waals surface area contributed by atoms with Crippen LogP contribution in [0.2, 0.25) is 0 Å². The van der Waals surface area contributed by atoms with Crippen molar-refractivity contribution in [2.24, 2.45) is 5.84 Å². The molecule has 0 atom stereocenters. The molecule has 0 rings (SSSR count). The highest BCUT2D eigenvalue weighted by Gasteiger charge is 2.23. The molecule has 0 heterocycles. The minimum Gasteiger partial charge on any atom is -0.234 e. The second-order valence-corrected chi connectivity index (χ2v) is 3.91. The lowest BCUT2D eigenvalue weighted by Crippen LogP contribution is -2.62. The average Bonchev–Trinajstić information content (AvgIpc) is 2.25. The molecule has 0 amide bonds. The SMILES string of the molecule is CCC[N+](CCC)(CCCC=C=O)NN. The van der Waals surface area contributed by atoms with E-state index in [9.17, 15) is 4.79 Å². The number of unbranched alkanes of at least 4 members (excludes halogenated alkanes) is 1. The van der Waals surface area contributed by atoms with Gasteiger partial charge in [0.15, 0.2) is 0 Å². The molecule has 4 nitrogen and oxygen atoms in total. The molecule has 0 bridgehead atoms. The van der Waals surface area contributed by atoms with Crippen LogP contribution in [0, 0.1) is 0 Å². The summed E-state index contributed by atoms with van der Waals surface area (Å²) in [5.41, 5.74) is 2.92. The van der Waals surface area contributed by atoms with Crippen LogP contribution >= 0.6 is 0 Å². The van der Waals surface area contributed by atoms with Gasteiger partial charge in [-0.15, -0.1) is 5.53 Å². The van der Waals surface area contributed by atoms with E-state index in [-0.39, 0.29) is 0 Å². The van der Waals surface area contributed by atoms with Crippen molar-refractivity contribution in [2.75, 3.05) is 19.6 Å². The number of hydrazine groups is 1. The fourth-order valence-corrected chi connectivity index (χ4v) is 1.94. The van der Waals surface area contributed by atoms with E-state index in [4.69, 9.17) is 5.84 Å². The molecule has 0 spiro atoms. The molecule has 0 radical (unpaired) electrons. The van der Waals surface area contributed by atoms with Gasteiger partial charge in [0, 0.05) is 12.5 Å². The van der Waals surface area contributed by atoms with Crippen molar-refractivity contribution in [3.05, 3.63) is 6.08 Å². The van der Waals surface area contributed by atoms with Crippen molar-refractivity contribution in [2.45, 2.75) is 39.5 Å². The summed E-state index contributed by atoms with van der Waals surface area (Å²) in [5.74, 6) is 7.43. The first-order valence-corrected chi connectivity index (χ1v) is 5.78. The van der Waals surface area contributed by atoms with Crippen LogP contribution in [0.25, 0.3) is 0 Å². The molecule has 0 unspecified atom stereocenters. The monoisotopic (exact) mass is 214 g/mol. The van der Waals surface area contributed by atoms with Gasteiger partial charge < -0.3 is 0 Å². The predicted octanol–water partition coefficient (Wildman–Crippen LogP) is 1.17. The second-order valence-electron chi connectivity index (χ2n) is 3.91. The third-order valence-corrected chi connectivity index (χ3v) is 2.60. The molecule has 0 aromatic carbocycles. The van der Waals surface area contributed by atoms with Gasteiger partial charge in [0.2, 0.25) is 0 Å². The van der Waals surface area contributed by atoms with Crippen molar-refractivity contribution in [3.63, 3.8) is 0 Å². The first-order valence-electron chi connectivity index (χ1n) is 5.78. The summed E-state index contributed by atoms with van der Waals surface area (Å²) < 4.78 is 0.750. The topological polar surface area (TPSA) is 55.1 Å². The maximum absolute atomic E-state index is 10.0. The largest absolute Gasteiger partial charge is 0.234 e. The summed E-state index contributed by atoms with van der Waals surface area (Å²) in [6, 6.07) is 0. The van der Waals surface area contributed by atoms with Crippen molar-refractivity contribution in [1.29, 1.82) is 0 Å². The van der Waals surface area contributed by atoms with E-state index < -0.39 is 0 Å². The molecular formula is C11H24N3O+. The number of hydrogen-bond acceptors (Lipinski definition) is 3. The van der Waals surface area contributed by atoms with Crippen molar-refractivity contribution < 1.29 is 9.39 Å². The first kappa shape index (κ1) is 14.3. The molecule has 88 valence electrons. The van der Waals surface area contributed by atoms with Crippen LogP contribution in [0.1, 0.15) is 39.5 Å². The fourth-order valence-electron chi connectivity index (χ4n) is 1.94. The quantitative estimate of drug-likeness (QED) is 0.199. The number of quaternary nitrogens is 1. The van der Waals surface area contributed by atoms with E-state index in [1.54, 1.807) is 12.0 Å². The van der Waals surface area contributed by atoms with Gasteiger partial charge in [0.05, 0.1) is 19.6 Å². The van der Waals surface area contributed by atoms with Crippen LogP contribution in [0.4, 0.5) is 0 Å². The Kier molecular flexibility index (Phi) is 8.24. The summed E-state index contributed by atoms with van der Waals surface area (Å²) in [5, 5.41) is 0. The zero-order chi connectivity index (χ0) is 11.6. The Labute approximate surface area is 92.7 Å². The van der Waals surface area contributed by atoms with Crippen LogP contribution in [-0.4, -0.2) is 30.2 Å². The molecule has 0 aromatic rings. The Bertz CT molecular complexity index is 194. The van der Waals surface area contributed by atoms with Gasteiger partial charge in [-0.25, -0.2) is 15.2 Å². The van der Waals surface area contributed by atoms with E-state index in [0.717, 1.165) is 49.9 Å². The molecule has 0 saturated carbocycles. The van der Waals surface area contributed by atoms with Crippen LogP contribution in [-0.2, 0) is 4.79 Å². The van der Waals surface area contributed by atoms with Gasteiger partial charge >= 0.3 is 0 Å². The number of nitrogens with zero attached hydrogens (tertiary/aromatic N) is 1. The molecule has 0 aliphatic rings. The van der Waals surface area contributed by atoms with Gasteiger partial charge in [0.1, 0.15) is 5.94 Å². The van der Waals surface area contributed by atoms with Gasteiger partial charge in [-0.1, -0.05) is 13.8 Å². The normalized spacial score (nSPS) is 11.1. The van der Waals surface area contributed by atoms with Gasteiger partial charge in [0.25, 0.3) is 0 Å². The Morgan fingerprint density at radius 3 is 2.27 bits per heavy atom. The number of rotatable bonds is 9. The minimum absolute atomic E-state index is 0.750. The lowest BCUT2D eigenvalue weighted by Gasteiger charge is -2.35. The van der Waals surface area contributed by atoms with Crippen LogP contribution in [0.5, 0.6) is 0 Å². The third kappa shape index (κ3) is 5.70. The predicted molar refractivity (Wildman–Crippen MR) is 62.3 cm³/mol. The van der Waals surface area contributed by atoms with Crippen LogP contribution < -0.4 is 11.4 Å². The maximum Gasteiger partial charge on any atom is 0.120 e. The molecular weight excluding hydrogens is 190 g/mol. The van der Waals surface area contributed by atoms with Crippen molar-refractivity contribution >= 4 is 5.94 Å². The van der Waals surface area contributed by atoms with E-state index in [1.807, 2.05) is 0 Å². The molecule has 0 aromatic heterocycles. The molecule has 0 fully saturated rings. The summed E-state index contributed by atoms with van der Waals surface area (Å²) in [6.45, 7) is 7.36. The van der Waals surface area contributed by atoms with Gasteiger partial charge in [-0.2, -0.15) is 0 Å². The Hall–Kier alpha value is -0.670. The molecule has 3 N–H and O–H groups in total. The molecule has 0 saturated heterocycles. The van der Waals surface area contributed by atoms with E-state index in [0.29, 0.717) is 0 Å². The Morgan fingerprint density at radius 1 is 1.27 bits per heavy atom. The Morgan fingerprint density at radius 2 is 1.87 bits per heavy atom. The number of allylic oxidation sites excluding steroid dienone is 1. The van der Waals surface area contributed by atoms with Crippen LogP contribution in [0.15, 0.2) is 6.08 Å². The molecule has 15 heavy (non-hydrogen) atoms. The zero-order valence-corrected chi connectivity index (χ0v) is 9.96. The second kappa shape index (κ2) is 8.62. The first-order chi connectivity index (χ1) is 7.24.